The van der Waals surface area contributed by atoms with Gasteiger partial charge < -0.3 is 5.32 Å². The van der Waals surface area contributed by atoms with E-state index in [1.807, 2.05) is 6.92 Å². The van der Waals surface area contributed by atoms with Crippen molar-refractivity contribution in [2.75, 3.05) is 6.54 Å². The van der Waals surface area contributed by atoms with Crippen molar-refractivity contribution in [1.82, 2.24) is 5.32 Å². The maximum Gasteiger partial charge on any atom is 0.285 e. The highest BCUT2D eigenvalue weighted by Gasteiger charge is 2.20. The van der Waals surface area contributed by atoms with E-state index in [0.29, 0.717) is 6.54 Å². The highest BCUT2D eigenvalue weighted by Crippen LogP contribution is 2.19. The first-order valence-electron chi connectivity index (χ1n) is 5.82. The molecular weight excluding hydrogens is 319 g/mol. The molecule has 0 saturated heterocycles. The number of hydrogen-bond acceptors (Lipinski definition) is 3. The fourth-order valence-electron chi connectivity index (χ4n) is 1.49. The molecule has 1 aromatic carbocycles. The van der Waals surface area contributed by atoms with E-state index in [4.69, 9.17) is 0 Å². The molecule has 0 saturated carbocycles. The van der Waals surface area contributed by atoms with Gasteiger partial charge in [0.05, 0.1) is 11.0 Å². The molecule has 1 rings (SSSR count). The summed E-state index contributed by atoms with van der Waals surface area (Å²) in [6.07, 6.45) is 1.64. The number of carbonyl (C=O) groups is 1. The van der Waals surface area contributed by atoms with Gasteiger partial charge in [0.2, 0.25) is 0 Å². The lowest BCUT2D eigenvalue weighted by atomic mass is 10.1. The lowest BCUT2D eigenvalue weighted by Crippen LogP contribution is -2.26. The van der Waals surface area contributed by atoms with Crippen LogP contribution in [0.3, 0.4) is 0 Å². The van der Waals surface area contributed by atoms with Crippen molar-refractivity contribution in [2.45, 2.75) is 24.6 Å². The number of benzene rings is 1. The number of halogens is 2. The average Bonchev–Trinajstić information content (AvgIpc) is 2.38. The molecule has 5 nitrogen and oxygen atoms in total. The summed E-state index contributed by atoms with van der Waals surface area (Å²) in [5, 5.41) is 13.3. The number of carbonyl (C=O) groups excluding carboxylic acids is 1. The number of alkyl halides is 1. The zero-order valence-corrected chi connectivity index (χ0v) is 11.9. The standard InChI is InChI=1S/C12H14BrFN2O3/c1-2-8(13)5-6-15-12(17)10-4-3-9(14)7-11(10)16(18)19/h3-4,7-8H,2,5-6H2,1H3,(H,15,17). The maximum atomic E-state index is 12.9. The number of amides is 1. The van der Waals surface area contributed by atoms with Crippen molar-refractivity contribution in [3.05, 3.63) is 39.7 Å². The van der Waals surface area contributed by atoms with Crippen molar-refractivity contribution in [1.29, 1.82) is 0 Å². The Morgan fingerprint density at radius 3 is 2.84 bits per heavy atom. The number of rotatable bonds is 6. The van der Waals surface area contributed by atoms with Crippen LogP contribution >= 0.6 is 15.9 Å². The minimum atomic E-state index is -0.767. The first-order valence-corrected chi connectivity index (χ1v) is 6.73. The molecule has 0 aliphatic carbocycles. The van der Waals surface area contributed by atoms with Gasteiger partial charge in [0, 0.05) is 11.4 Å². The Hall–Kier alpha value is -1.50. The van der Waals surface area contributed by atoms with Crippen molar-refractivity contribution < 1.29 is 14.1 Å². The zero-order chi connectivity index (χ0) is 14.4. The van der Waals surface area contributed by atoms with Gasteiger partial charge in [0.1, 0.15) is 11.4 Å². The van der Waals surface area contributed by atoms with Crippen LogP contribution in [-0.4, -0.2) is 22.2 Å². The van der Waals surface area contributed by atoms with Crippen LogP contribution in [-0.2, 0) is 0 Å². The predicted molar refractivity (Wildman–Crippen MR) is 73.0 cm³/mol. The second-order valence-electron chi connectivity index (χ2n) is 3.97. The van der Waals surface area contributed by atoms with Gasteiger partial charge in [-0.1, -0.05) is 22.9 Å². The van der Waals surface area contributed by atoms with Crippen molar-refractivity contribution in [2.24, 2.45) is 0 Å². The summed E-state index contributed by atoms with van der Waals surface area (Å²) in [4.78, 5) is 22.1. The molecule has 104 valence electrons. The monoisotopic (exact) mass is 332 g/mol. The van der Waals surface area contributed by atoms with E-state index in [9.17, 15) is 19.3 Å². The van der Waals surface area contributed by atoms with Crippen LogP contribution in [0.2, 0.25) is 0 Å². The van der Waals surface area contributed by atoms with E-state index in [1.54, 1.807) is 0 Å². The van der Waals surface area contributed by atoms with Crippen LogP contribution in [0.25, 0.3) is 0 Å². The molecule has 0 radical (unpaired) electrons. The first-order chi connectivity index (χ1) is 8.95. The Morgan fingerprint density at radius 2 is 2.26 bits per heavy atom. The van der Waals surface area contributed by atoms with E-state index in [2.05, 4.69) is 21.2 Å². The van der Waals surface area contributed by atoms with Crippen LogP contribution in [0.5, 0.6) is 0 Å². The molecule has 1 atom stereocenters. The number of nitro benzene ring substituents is 1. The second-order valence-corrected chi connectivity index (χ2v) is 5.26. The van der Waals surface area contributed by atoms with Gasteiger partial charge in [-0.2, -0.15) is 0 Å². The average molecular weight is 333 g/mol. The largest absolute Gasteiger partial charge is 0.352 e. The fourth-order valence-corrected chi connectivity index (χ4v) is 1.72. The lowest BCUT2D eigenvalue weighted by Gasteiger charge is -2.08. The van der Waals surface area contributed by atoms with Crippen LogP contribution < -0.4 is 5.32 Å². The second kappa shape index (κ2) is 7.18. The Kier molecular flexibility index (Phi) is 5.88. The van der Waals surface area contributed by atoms with Gasteiger partial charge in [-0.3, -0.25) is 14.9 Å². The van der Waals surface area contributed by atoms with Gasteiger partial charge in [0.25, 0.3) is 11.6 Å². The minimum absolute atomic E-state index is 0.131. The molecule has 19 heavy (non-hydrogen) atoms. The summed E-state index contributed by atoms with van der Waals surface area (Å²) in [5.41, 5.74) is -0.655. The van der Waals surface area contributed by atoms with Crippen molar-refractivity contribution in [3.63, 3.8) is 0 Å². The van der Waals surface area contributed by atoms with Crippen molar-refractivity contribution in [3.8, 4) is 0 Å². The zero-order valence-electron chi connectivity index (χ0n) is 10.4. The molecule has 0 aliphatic heterocycles. The van der Waals surface area contributed by atoms with Crippen LogP contribution in [0.15, 0.2) is 18.2 Å². The molecular formula is C12H14BrFN2O3. The SMILES string of the molecule is CCC(Br)CCNC(=O)c1ccc(F)cc1[N+](=O)[O-]. The molecule has 1 N–H and O–H groups in total. The summed E-state index contributed by atoms with van der Waals surface area (Å²) >= 11 is 3.42. The molecule has 1 amide bonds. The number of hydrogen-bond donors (Lipinski definition) is 1. The van der Waals surface area contributed by atoms with Gasteiger partial charge in [0.15, 0.2) is 0 Å². The molecule has 0 fully saturated rings. The minimum Gasteiger partial charge on any atom is -0.352 e. The third kappa shape index (κ3) is 4.59. The lowest BCUT2D eigenvalue weighted by molar-refractivity contribution is -0.385. The van der Waals surface area contributed by atoms with E-state index in [1.165, 1.54) is 0 Å². The topological polar surface area (TPSA) is 72.2 Å². The summed E-state index contributed by atoms with van der Waals surface area (Å²) in [5.74, 6) is -1.31. The van der Waals surface area contributed by atoms with Gasteiger partial charge in [-0.25, -0.2) is 4.39 Å². The highest BCUT2D eigenvalue weighted by atomic mass is 79.9. The summed E-state index contributed by atoms with van der Waals surface area (Å²) in [7, 11) is 0. The van der Waals surface area contributed by atoms with Crippen LogP contribution in [0, 0.1) is 15.9 Å². The molecule has 1 aromatic rings. The molecule has 0 heterocycles. The third-order valence-corrected chi connectivity index (χ3v) is 3.69. The normalized spacial score (nSPS) is 11.9. The summed E-state index contributed by atoms with van der Waals surface area (Å²) in [6, 6.07) is 2.89. The Morgan fingerprint density at radius 1 is 1.58 bits per heavy atom. The van der Waals surface area contributed by atoms with Gasteiger partial charge >= 0.3 is 0 Å². The Bertz CT molecular complexity index is 482. The van der Waals surface area contributed by atoms with Crippen LogP contribution in [0.4, 0.5) is 10.1 Å². The molecule has 0 aliphatic rings. The smallest absolute Gasteiger partial charge is 0.285 e. The van der Waals surface area contributed by atoms with Gasteiger partial charge in [-0.05, 0) is 25.0 Å². The Labute approximate surface area is 118 Å². The fraction of sp³-hybridized carbons (Fsp3) is 0.417. The predicted octanol–water partition coefficient (Wildman–Crippen LogP) is 3.03. The van der Waals surface area contributed by atoms with Gasteiger partial charge in [-0.15, -0.1) is 0 Å². The number of nitrogens with zero attached hydrogens (tertiary/aromatic N) is 1. The quantitative estimate of drug-likeness (QED) is 0.494. The third-order valence-electron chi connectivity index (χ3n) is 2.59. The Balaban J connectivity index is 2.74. The van der Waals surface area contributed by atoms with Crippen LogP contribution in [0.1, 0.15) is 30.1 Å². The van der Waals surface area contributed by atoms with E-state index in [-0.39, 0.29) is 10.4 Å². The first kappa shape index (κ1) is 15.6. The summed E-state index contributed by atoms with van der Waals surface area (Å²) in [6.45, 7) is 2.41. The molecule has 7 heteroatoms. The van der Waals surface area contributed by atoms with E-state index < -0.39 is 22.3 Å². The maximum absolute atomic E-state index is 12.9. The molecule has 1 unspecified atom stereocenters. The van der Waals surface area contributed by atoms with E-state index in [0.717, 1.165) is 31.0 Å². The number of nitro groups is 1. The molecule has 0 spiro atoms. The summed E-state index contributed by atoms with van der Waals surface area (Å²) < 4.78 is 12.9. The highest BCUT2D eigenvalue weighted by molar-refractivity contribution is 9.09. The molecule has 0 aromatic heterocycles. The number of nitrogens with one attached hydrogen (secondary N) is 1. The molecule has 0 bridgehead atoms. The van der Waals surface area contributed by atoms with E-state index >= 15 is 0 Å². The van der Waals surface area contributed by atoms with Crippen molar-refractivity contribution >= 4 is 27.5 Å².